The minimum absolute atomic E-state index is 0.0218. The van der Waals surface area contributed by atoms with Gasteiger partial charge in [-0.3, -0.25) is 9.59 Å². The minimum Gasteiger partial charge on any atom is -0.411 e. The highest BCUT2D eigenvalue weighted by molar-refractivity contribution is 7.99. The molecule has 12 heteroatoms. The van der Waals surface area contributed by atoms with E-state index in [1.54, 1.807) is 6.07 Å². The number of carbonyl (C=O) groups is 2. The standard InChI is InChI=1S/C20H16F4N4O3S/c1-28(10-16(29)25-15-9-5-3-7-13(15)20(22,23)24)17(30)11-32-19-27-26-18(31-19)12-6-2-4-8-14(12)21/h2-9H,10-11H2,1H3,(H,25,29). The fourth-order valence-electron chi connectivity index (χ4n) is 2.58. The van der Waals surface area contributed by atoms with Gasteiger partial charge in [0.15, 0.2) is 0 Å². The lowest BCUT2D eigenvalue weighted by molar-refractivity contribution is -0.137. The monoisotopic (exact) mass is 468 g/mol. The van der Waals surface area contributed by atoms with Crippen molar-refractivity contribution in [3.8, 4) is 11.5 Å². The Morgan fingerprint density at radius 1 is 1.09 bits per heavy atom. The van der Waals surface area contributed by atoms with E-state index in [1.165, 1.54) is 37.4 Å². The molecule has 2 amide bonds. The number of halogens is 4. The van der Waals surface area contributed by atoms with Gasteiger partial charge in [0.05, 0.1) is 29.1 Å². The molecule has 168 valence electrons. The molecule has 0 bridgehead atoms. The van der Waals surface area contributed by atoms with Crippen molar-refractivity contribution in [2.75, 3.05) is 24.7 Å². The van der Waals surface area contributed by atoms with E-state index in [4.69, 9.17) is 4.42 Å². The van der Waals surface area contributed by atoms with Crippen molar-refractivity contribution in [3.63, 3.8) is 0 Å². The second kappa shape index (κ2) is 9.81. The highest BCUT2D eigenvalue weighted by atomic mass is 32.2. The van der Waals surface area contributed by atoms with Gasteiger partial charge in [0.25, 0.3) is 11.1 Å². The summed E-state index contributed by atoms with van der Waals surface area (Å²) in [7, 11) is 1.33. The number of hydrogen-bond donors (Lipinski definition) is 1. The molecule has 0 fully saturated rings. The summed E-state index contributed by atoms with van der Waals surface area (Å²) in [6, 6.07) is 10.4. The number of benzene rings is 2. The van der Waals surface area contributed by atoms with Gasteiger partial charge in [-0.25, -0.2) is 4.39 Å². The van der Waals surface area contributed by atoms with Gasteiger partial charge in [-0.05, 0) is 24.3 Å². The summed E-state index contributed by atoms with van der Waals surface area (Å²) in [5.74, 6) is -2.06. The number of anilines is 1. The Morgan fingerprint density at radius 2 is 1.78 bits per heavy atom. The highest BCUT2D eigenvalue weighted by Gasteiger charge is 2.33. The van der Waals surface area contributed by atoms with E-state index in [1.807, 2.05) is 0 Å². The molecular weight excluding hydrogens is 452 g/mol. The number of likely N-dealkylation sites (N-methyl/N-ethyl adjacent to an activating group) is 1. The number of amides is 2. The first-order valence-electron chi connectivity index (χ1n) is 9.06. The number of carbonyl (C=O) groups excluding carboxylic acids is 2. The third-order valence-corrected chi connectivity index (χ3v) is 4.95. The summed E-state index contributed by atoms with van der Waals surface area (Å²) in [5.41, 5.74) is -1.27. The molecule has 0 aliphatic carbocycles. The molecule has 1 heterocycles. The SMILES string of the molecule is CN(CC(=O)Nc1ccccc1C(F)(F)F)C(=O)CSc1nnc(-c2ccccc2F)o1. The molecule has 32 heavy (non-hydrogen) atoms. The number of para-hydroxylation sites is 1. The Labute approximate surface area is 183 Å². The van der Waals surface area contributed by atoms with Crippen molar-refractivity contribution in [3.05, 3.63) is 59.9 Å². The molecule has 1 N–H and O–H groups in total. The van der Waals surface area contributed by atoms with Gasteiger partial charge in [-0.1, -0.05) is 36.0 Å². The van der Waals surface area contributed by atoms with Crippen LogP contribution in [0.4, 0.5) is 23.2 Å². The van der Waals surface area contributed by atoms with Gasteiger partial charge in [0.2, 0.25) is 11.8 Å². The van der Waals surface area contributed by atoms with Crippen molar-refractivity contribution in [2.45, 2.75) is 11.4 Å². The highest BCUT2D eigenvalue weighted by Crippen LogP contribution is 2.34. The van der Waals surface area contributed by atoms with E-state index in [9.17, 15) is 27.2 Å². The molecule has 1 aromatic heterocycles. The zero-order valence-corrected chi connectivity index (χ0v) is 17.3. The maximum atomic E-state index is 13.8. The summed E-state index contributed by atoms with van der Waals surface area (Å²) in [4.78, 5) is 25.4. The van der Waals surface area contributed by atoms with Crippen LogP contribution in [0.5, 0.6) is 0 Å². The molecule has 0 aliphatic heterocycles. The van der Waals surface area contributed by atoms with Crippen LogP contribution in [0.15, 0.2) is 58.2 Å². The Balaban J connectivity index is 1.54. The molecular formula is C20H16F4N4O3S. The van der Waals surface area contributed by atoms with Crippen molar-refractivity contribution in [1.29, 1.82) is 0 Å². The first kappa shape index (κ1) is 23.3. The average Bonchev–Trinajstić information content (AvgIpc) is 3.20. The van der Waals surface area contributed by atoms with Crippen LogP contribution in [0.2, 0.25) is 0 Å². The average molecular weight is 468 g/mol. The molecule has 0 unspecified atom stereocenters. The number of rotatable bonds is 7. The quantitative estimate of drug-likeness (QED) is 0.415. The second-order valence-electron chi connectivity index (χ2n) is 6.48. The lowest BCUT2D eigenvalue weighted by atomic mass is 10.1. The molecule has 2 aromatic carbocycles. The molecule has 0 radical (unpaired) electrons. The molecule has 0 saturated carbocycles. The van der Waals surface area contributed by atoms with Crippen LogP contribution in [-0.2, 0) is 15.8 Å². The number of hydrogen-bond acceptors (Lipinski definition) is 6. The van der Waals surface area contributed by atoms with Gasteiger partial charge in [0, 0.05) is 7.05 Å². The molecule has 0 atom stereocenters. The maximum absolute atomic E-state index is 13.8. The zero-order chi connectivity index (χ0) is 23.3. The summed E-state index contributed by atoms with van der Waals surface area (Å²) in [6.07, 6.45) is -4.63. The molecule has 0 saturated heterocycles. The lowest BCUT2D eigenvalue weighted by Gasteiger charge is -2.18. The van der Waals surface area contributed by atoms with Gasteiger partial charge in [0.1, 0.15) is 5.82 Å². The number of nitrogens with zero attached hydrogens (tertiary/aromatic N) is 3. The van der Waals surface area contributed by atoms with E-state index >= 15 is 0 Å². The lowest BCUT2D eigenvalue weighted by Crippen LogP contribution is -2.36. The van der Waals surface area contributed by atoms with Crippen LogP contribution < -0.4 is 5.32 Å². The van der Waals surface area contributed by atoms with Gasteiger partial charge in [-0.15, -0.1) is 10.2 Å². The van der Waals surface area contributed by atoms with Crippen LogP contribution in [0.3, 0.4) is 0 Å². The van der Waals surface area contributed by atoms with E-state index < -0.39 is 41.6 Å². The third-order valence-electron chi connectivity index (χ3n) is 4.14. The Morgan fingerprint density at radius 3 is 2.50 bits per heavy atom. The summed E-state index contributed by atoms with van der Waals surface area (Å²) in [5, 5.41) is 9.66. The van der Waals surface area contributed by atoms with Gasteiger partial charge in [-0.2, -0.15) is 13.2 Å². The predicted octanol–water partition coefficient (Wildman–Crippen LogP) is 4.08. The second-order valence-corrected chi connectivity index (χ2v) is 7.41. The summed E-state index contributed by atoms with van der Waals surface area (Å²) >= 11 is 0.881. The van der Waals surface area contributed by atoms with Crippen molar-refractivity contribution < 1.29 is 31.6 Å². The van der Waals surface area contributed by atoms with Crippen LogP contribution in [0.1, 0.15) is 5.56 Å². The topological polar surface area (TPSA) is 88.3 Å². The largest absolute Gasteiger partial charge is 0.418 e. The fourth-order valence-corrected chi connectivity index (χ4v) is 3.28. The summed E-state index contributed by atoms with van der Waals surface area (Å²) in [6.45, 7) is -0.462. The molecule has 0 aliphatic rings. The first-order valence-corrected chi connectivity index (χ1v) is 10.0. The molecule has 3 rings (SSSR count). The third kappa shape index (κ3) is 5.84. The van der Waals surface area contributed by atoms with Crippen LogP contribution in [-0.4, -0.2) is 46.3 Å². The van der Waals surface area contributed by atoms with Crippen LogP contribution >= 0.6 is 11.8 Å². The van der Waals surface area contributed by atoms with E-state index in [2.05, 4.69) is 15.5 Å². The van der Waals surface area contributed by atoms with E-state index in [-0.39, 0.29) is 22.4 Å². The van der Waals surface area contributed by atoms with Crippen molar-refractivity contribution >= 4 is 29.3 Å². The van der Waals surface area contributed by atoms with Gasteiger partial charge < -0.3 is 14.6 Å². The number of thioether (sulfide) groups is 1. The first-order chi connectivity index (χ1) is 15.1. The Hall–Kier alpha value is -3.41. The van der Waals surface area contributed by atoms with E-state index in [0.29, 0.717) is 0 Å². The number of alkyl halides is 3. The smallest absolute Gasteiger partial charge is 0.411 e. The van der Waals surface area contributed by atoms with E-state index in [0.717, 1.165) is 28.8 Å². The van der Waals surface area contributed by atoms with Crippen molar-refractivity contribution in [2.24, 2.45) is 0 Å². The number of nitrogens with one attached hydrogen (secondary N) is 1. The minimum atomic E-state index is -4.63. The maximum Gasteiger partial charge on any atom is 0.418 e. The summed E-state index contributed by atoms with van der Waals surface area (Å²) < 4.78 is 58.2. The molecule has 0 spiro atoms. The van der Waals surface area contributed by atoms with Crippen LogP contribution in [0, 0.1) is 5.82 Å². The fraction of sp³-hybridized carbons (Fsp3) is 0.200. The number of aromatic nitrogens is 2. The van der Waals surface area contributed by atoms with Crippen LogP contribution in [0.25, 0.3) is 11.5 Å². The predicted molar refractivity (Wildman–Crippen MR) is 108 cm³/mol. The molecule has 7 nitrogen and oxygen atoms in total. The van der Waals surface area contributed by atoms with Crippen molar-refractivity contribution in [1.82, 2.24) is 15.1 Å². The zero-order valence-electron chi connectivity index (χ0n) is 16.5. The molecule has 3 aromatic rings. The Kier molecular flexibility index (Phi) is 7.13. The Bertz CT molecular complexity index is 1120. The normalized spacial score (nSPS) is 11.3. The van der Waals surface area contributed by atoms with Gasteiger partial charge >= 0.3 is 6.18 Å².